The van der Waals surface area contributed by atoms with Gasteiger partial charge in [0.15, 0.2) is 0 Å². The molecule has 4 nitrogen and oxygen atoms in total. The van der Waals surface area contributed by atoms with Crippen LogP contribution in [-0.2, 0) is 17.2 Å². The Morgan fingerprint density at radius 1 is 1.50 bits per heavy atom. The molecule has 1 heterocycles. The van der Waals surface area contributed by atoms with Gasteiger partial charge in [0, 0.05) is 35.3 Å². The Bertz CT molecular complexity index is 367. The second-order valence-corrected chi connectivity index (χ2v) is 5.81. The van der Waals surface area contributed by atoms with Crippen molar-refractivity contribution in [1.29, 1.82) is 0 Å². The Balaban J connectivity index is 2.76. The quantitative estimate of drug-likeness (QED) is 0.791. The van der Waals surface area contributed by atoms with Crippen molar-refractivity contribution in [3.8, 4) is 0 Å². The zero-order valence-electron chi connectivity index (χ0n) is 9.94. The molecule has 0 fully saturated rings. The van der Waals surface area contributed by atoms with Gasteiger partial charge in [0.1, 0.15) is 5.82 Å². The van der Waals surface area contributed by atoms with E-state index in [9.17, 15) is 4.21 Å². The Morgan fingerprint density at radius 3 is 2.75 bits per heavy atom. The highest BCUT2D eigenvalue weighted by Crippen LogP contribution is 2.20. The third-order valence-corrected chi connectivity index (χ3v) is 3.53. The first-order valence-electron chi connectivity index (χ1n) is 5.45. The molecule has 0 aliphatic heterocycles. The van der Waals surface area contributed by atoms with Crippen LogP contribution in [0.15, 0.2) is 0 Å². The minimum Gasteiger partial charge on any atom is -0.299 e. The maximum absolute atomic E-state index is 11.1. The van der Waals surface area contributed by atoms with Crippen molar-refractivity contribution in [2.45, 2.75) is 39.2 Å². The summed E-state index contributed by atoms with van der Waals surface area (Å²) in [5.41, 5.74) is 0. The van der Waals surface area contributed by atoms with Crippen LogP contribution in [0.1, 0.15) is 38.6 Å². The SMILES string of the molecule is CCCc1nnc(Cl)n1C(C)CCS(C)=O. The van der Waals surface area contributed by atoms with E-state index in [4.69, 9.17) is 11.6 Å². The summed E-state index contributed by atoms with van der Waals surface area (Å²) in [4.78, 5) is 0. The number of hydrogen-bond acceptors (Lipinski definition) is 3. The third kappa shape index (κ3) is 3.56. The lowest BCUT2D eigenvalue weighted by atomic mass is 10.2. The van der Waals surface area contributed by atoms with Crippen LogP contribution < -0.4 is 0 Å². The molecule has 1 rings (SSSR count). The molecule has 0 N–H and O–H groups in total. The summed E-state index contributed by atoms with van der Waals surface area (Å²) in [6.07, 6.45) is 4.44. The maximum atomic E-state index is 11.1. The van der Waals surface area contributed by atoms with Crippen LogP contribution in [-0.4, -0.2) is 31.0 Å². The van der Waals surface area contributed by atoms with Crippen molar-refractivity contribution in [3.05, 3.63) is 11.1 Å². The van der Waals surface area contributed by atoms with E-state index in [0.29, 0.717) is 11.0 Å². The van der Waals surface area contributed by atoms with E-state index in [2.05, 4.69) is 24.0 Å². The Kier molecular flexibility index (Phi) is 5.41. The predicted octanol–water partition coefficient (Wildman–Crippen LogP) is 2.21. The van der Waals surface area contributed by atoms with E-state index in [-0.39, 0.29) is 6.04 Å². The molecular formula is C10H18ClN3OS. The van der Waals surface area contributed by atoms with Crippen molar-refractivity contribution >= 4 is 22.4 Å². The molecule has 2 unspecified atom stereocenters. The van der Waals surface area contributed by atoms with Gasteiger partial charge in [-0.1, -0.05) is 6.92 Å². The monoisotopic (exact) mass is 263 g/mol. The second-order valence-electron chi connectivity index (χ2n) is 3.92. The molecule has 0 aromatic carbocycles. The molecule has 2 atom stereocenters. The van der Waals surface area contributed by atoms with Gasteiger partial charge in [-0.15, -0.1) is 10.2 Å². The minimum absolute atomic E-state index is 0.202. The predicted molar refractivity (Wildman–Crippen MR) is 67.3 cm³/mol. The van der Waals surface area contributed by atoms with Crippen LogP contribution in [0.2, 0.25) is 5.28 Å². The topological polar surface area (TPSA) is 47.8 Å². The van der Waals surface area contributed by atoms with Crippen molar-refractivity contribution in [2.24, 2.45) is 0 Å². The summed E-state index contributed by atoms with van der Waals surface area (Å²) < 4.78 is 13.0. The van der Waals surface area contributed by atoms with Crippen LogP contribution in [0, 0.1) is 0 Å². The molecule has 6 heteroatoms. The largest absolute Gasteiger partial charge is 0.299 e. The molecule has 1 aromatic rings. The van der Waals surface area contributed by atoms with Gasteiger partial charge in [-0.25, -0.2) is 0 Å². The molecule has 0 aliphatic carbocycles. The number of aryl methyl sites for hydroxylation is 1. The first-order chi connectivity index (χ1) is 7.56. The van der Waals surface area contributed by atoms with Crippen LogP contribution in [0.3, 0.4) is 0 Å². The van der Waals surface area contributed by atoms with Crippen molar-refractivity contribution in [2.75, 3.05) is 12.0 Å². The minimum atomic E-state index is -0.762. The molecule has 92 valence electrons. The number of aromatic nitrogens is 3. The molecule has 0 spiro atoms. The number of rotatable bonds is 6. The van der Waals surface area contributed by atoms with E-state index in [1.807, 2.05) is 4.57 Å². The summed E-state index contributed by atoms with van der Waals surface area (Å²) >= 11 is 6.00. The zero-order chi connectivity index (χ0) is 12.1. The van der Waals surface area contributed by atoms with Gasteiger partial charge in [-0.2, -0.15) is 0 Å². The lowest BCUT2D eigenvalue weighted by Crippen LogP contribution is -2.12. The molecular weight excluding hydrogens is 246 g/mol. The summed E-state index contributed by atoms with van der Waals surface area (Å²) in [6.45, 7) is 4.15. The summed E-state index contributed by atoms with van der Waals surface area (Å²) in [5.74, 6) is 1.60. The van der Waals surface area contributed by atoms with Gasteiger partial charge in [0.2, 0.25) is 5.28 Å². The third-order valence-electron chi connectivity index (χ3n) is 2.46. The Labute approximate surface area is 104 Å². The first-order valence-corrected chi connectivity index (χ1v) is 7.56. The summed E-state index contributed by atoms with van der Waals surface area (Å²) in [7, 11) is -0.762. The lowest BCUT2D eigenvalue weighted by molar-refractivity contribution is 0.507. The summed E-state index contributed by atoms with van der Waals surface area (Å²) in [6, 6.07) is 0.202. The number of hydrogen-bond donors (Lipinski definition) is 0. The van der Waals surface area contributed by atoms with Crippen LogP contribution in [0.25, 0.3) is 0 Å². The highest BCUT2D eigenvalue weighted by atomic mass is 35.5. The van der Waals surface area contributed by atoms with E-state index >= 15 is 0 Å². The molecule has 0 saturated carbocycles. The van der Waals surface area contributed by atoms with Crippen LogP contribution in [0.4, 0.5) is 0 Å². The van der Waals surface area contributed by atoms with E-state index in [1.165, 1.54) is 0 Å². The number of halogens is 1. The van der Waals surface area contributed by atoms with Gasteiger partial charge in [-0.05, 0) is 31.4 Å². The molecule has 1 aromatic heterocycles. The Morgan fingerprint density at radius 2 is 2.19 bits per heavy atom. The van der Waals surface area contributed by atoms with E-state index in [1.54, 1.807) is 6.26 Å². The highest BCUT2D eigenvalue weighted by molar-refractivity contribution is 7.84. The standard InChI is InChI=1S/C10H18ClN3OS/c1-4-5-9-12-13-10(11)14(9)8(2)6-7-16(3)15/h8H,4-7H2,1-3H3. The Hall–Kier alpha value is -0.420. The molecule has 0 bridgehead atoms. The molecule has 0 aliphatic rings. The second kappa shape index (κ2) is 6.35. The average Bonchev–Trinajstić information content (AvgIpc) is 2.57. The van der Waals surface area contributed by atoms with Gasteiger partial charge in [-0.3, -0.25) is 8.78 Å². The summed E-state index contributed by atoms with van der Waals surface area (Å²) in [5, 5.41) is 8.37. The van der Waals surface area contributed by atoms with Crippen LogP contribution in [0.5, 0.6) is 0 Å². The fourth-order valence-corrected chi connectivity index (χ4v) is 2.57. The van der Waals surface area contributed by atoms with Crippen molar-refractivity contribution in [1.82, 2.24) is 14.8 Å². The number of nitrogens with zero attached hydrogens (tertiary/aromatic N) is 3. The average molecular weight is 264 g/mol. The lowest BCUT2D eigenvalue weighted by Gasteiger charge is -2.15. The normalized spacial score (nSPS) is 15.0. The van der Waals surface area contributed by atoms with Gasteiger partial charge in [0.25, 0.3) is 0 Å². The zero-order valence-corrected chi connectivity index (χ0v) is 11.5. The molecule has 0 radical (unpaired) electrons. The van der Waals surface area contributed by atoms with Gasteiger partial charge >= 0.3 is 0 Å². The van der Waals surface area contributed by atoms with E-state index in [0.717, 1.165) is 25.1 Å². The fourth-order valence-electron chi connectivity index (χ4n) is 1.60. The van der Waals surface area contributed by atoms with E-state index < -0.39 is 10.8 Å². The fraction of sp³-hybridized carbons (Fsp3) is 0.800. The molecule has 16 heavy (non-hydrogen) atoms. The van der Waals surface area contributed by atoms with Gasteiger partial charge < -0.3 is 0 Å². The van der Waals surface area contributed by atoms with Crippen molar-refractivity contribution in [3.63, 3.8) is 0 Å². The highest BCUT2D eigenvalue weighted by Gasteiger charge is 2.15. The maximum Gasteiger partial charge on any atom is 0.225 e. The van der Waals surface area contributed by atoms with Crippen LogP contribution >= 0.6 is 11.6 Å². The molecule has 0 saturated heterocycles. The van der Waals surface area contributed by atoms with Gasteiger partial charge in [0.05, 0.1) is 0 Å². The smallest absolute Gasteiger partial charge is 0.225 e. The van der Waals surface area contributed by atoms with Crippen molar-refractivity contribution < 1.29 is 4.21 Å². The molecule has 0 amide bonds. The first kappa shape index (κ1) is 13.6.